The average molecular weight is 201 g/mol. The summed E-state index contributed by atoms with van der Waals surface area (Å²) in [7, 11) is 0. The number of amides is 1. The van der Waals surface area contributed by atoms with Crippen molar-refractivity contribution in [2.45, 2.75) is 19.8 Å². The second-order valence-corrected chi connectivity index (χ2v) is 3.87. The van der Waals surface area contributed by atoms with E-state index < -0.39 is 5.41 Å². The van der Waals surface area contributed by atoms with Crippen LogP contribution in [0.2, 0.25) is 0 Å². The van der Waals surface area contributed by atoms with Crippen LogP contribution in [0.15, 0.2) is 18.3 Å². The minimum Gasteiger partial charge on any atom is -0.309 e. The summed E-state index contributed by atoms with van der Waals surface area (Å²) >= 11 is 0. The number of pyridine rings is 1. The second-order valence-electron chi connectivity index (χ2n) is 3.87. The number of aromatic nitrogens is 1. The molecule has 0 unspecified atom stereocenters. The van der Waals surface area contributed by atoms with Crippen LogP contribution >= 0.6 is 0 Å². The van der Waals surface area contributed by atoms with Gasteiger partial charge in [-0.2, -0.15) is 5.26 Å². The monoisotopic (exact) mass is 201 g/mol. The molecule has 4 heteroatoms. The maximum Gasteiger partial charge on any atom is 0.246 e. The van der Waals surface area contributed by atoms with Crippen LogP contribution in [0.5, 0.6) is 0 Å². The number of hydrogen-bond donors (Lipinski definition) is 1. The fourth-order valence-electron chi connectivity index (χ4n) is 1.29. The van der Waals surface area contributed by atoms with Crippen LogP contribution in [0, 0.1) is 23.7 Å². The largest absolute Gasteiger partial charge is 0.309 e. The summed E-state index contributed by atoms with van der Waals surface area (Å²) in [5.74, 6) is 0.272. The SMILES string of the molecule is Cc1ccc(NC(=O)C2(C#N)CC2)nc1. The van der Waals surface area contributed by atoms with Crippen molar-refractivity contribution in [3.8, 4) is 6.07 Å². The molecule has 1 aliphatic rings. The van der Waals surface area contributed by atoms with Gasteiger partial charge in [0.05, 0.1) is 6.07 Å². The Bertz CT molecular complexity index is 426. The van der Waals surface area contributed by atoms with Crippen molar-refractivity contribution in [2.24, 2.45) is 5.41 Å². The third-order valence-corrected chi connectivity index (χ3v) is 2.55. The first kappa shape index (κ1) is 9.66. The van der Waals surface area contributed by atoms with Crippen molar-refractivity contribution in [2.75, 3.05) is 5.32 Å². The molecule has 15 heavy (non-hydrogen) atoms. The summed E-state index contributed by atoms with van der Waals surface area (Å²) in [5, 5.41) is 11.5. The normalized spacial score (nSPS) is 16.5. The molecule has 4 nitrogen and oxygen atoms in total. The molecule has 0 saturated heterocycles. The van der Waals surface area contributed by atoms with E-state index in [4.69, 9.17) is 5.26 Å². The van der Waals surface area contributed by atoms with Crippen LogP contribution < -0.4 is 5.32 Å². The molecule has 0 aliphatic heterocycles. The zero-order chi connectivity index (χ0) is 10.9. The van der Waals surface area contributed by atoms with Gasteiger partial charge in [0, 0.05) is 6.20 Å². The highest BCUT2D eigenvalue weighted by molar-refractivity contribution is 5.98. The zero-order valence-electron chi connectivity index (χ0n) is 8.45. The van der Waals surface area contributed by atoms with Crippen LogP contribution in [0.25, 0.3) is 0 Å². The van der Waals surface area contributed by atoms with Gasteiger partial charge in [-0.05, 0) is 31.4 Å². The van der Waals surface area contributed by atoms with Crippen LogP contribution in [0.3, 0.4) is 0 Å². The van der Waals surface area contributed by atoms with Gasteiger partial charge in [-0.3, -0.25) is 4.79 Å². The predicted molar refractivity (Wildman–Crippen MR) is 54.9 cm³/mol. The van der Waals surface area contributed by atoms with Gasteiger partial charge in [-0.15, -0.1) is 0 Å². The van der Waals surface area contributed by atoms with Crippen molar-refractivity contribution < 1.29 is 4.79 Å². The summed E-state index contributed by atoms with van der Waals surface area (Å²) in [6.07, 6.45) is 2.99. The Morgan fingerprint density at radius 3 is 2.80 bits per heavy atom. The first-order chi connectivity index (χ1) is 7.16. The smallest absolute Gasteiger partial charge is 0.246 e. The maximum absolute atomic E-state index is 11.6. The molecule has 1 amide bonds. The molecule has 1 N–H and O–H groups in total. The fraction of sp³-hybridized carbons (Fsp3) is 0.364. The molecule has 0 atom stereocenters. The van der Waals surface area contributed by atoms with Gasteiger partial charge in [-0.25, -0.2) is 4.98 Å². The minimum atomic E-state index is -0.785. The van der Waals surface area contributed by atoms with Gasteiger partial charge in [0.25, 0.3) is 0 Å². The topological polar surface area (TPSA) is 65.8 Å². The fourth-order valence-corrected chi connectivity index (χ4v) is 1.29. The number of hydrogen-bond acceptors (Lipinski definition) is 3. The van der Waals surface area contributed by atoms with Crippen molar-refractivity contribution >= 4 is 11.7 Å². The zero-order valence-corrected chi connectivity index (χ0v) is 8.45. The highest BCUT2D eigenvalue weighted by atomic mass is 16.2. The maximum atomic E-state index is 11.6. The van der Waals surface area contributed by atoms with Gasteiger partial charge in [0.1, 0.15) is 11.2 Å². The highest BCUT2D eigenvalue weighted by Gasteiger charge is 2.50. The quantitative estimate of drug-likeness (QED) is 0.790. The van der Waals surface area contributed by atoms with Gasteiger partial charge in [0.15, 0.2) is 0 Å². The van der Waals surface area contributed by atoms with Crippen LogP contribution in [0.4, 0.5) is 5.82 Å². The van der Waals surface area contributed by atoms with Gasteiger partial charge >= 0.3 is 0 Å². The lowest BCUT2D eigenvalue weighted by molar-refractivity contribution is -0.119. The molecule has 1 heterocycles. The lowest BCUT2D eigenvalue weighted by atomic mass is 10.1. The summed E-state index contributed by atoms with van der Waals surface area (Å²) in [6, 6.07) is 5.65. The molecule has 1 fully saturated rings. The number of aryl methyl sites for hydroxylation is 1. The number of nitrogens with one attached hydrogen (secondary N) is 1. The Morgan fingerprint density at radius 2 is 2.33 bits per heavy atom. The Morgan fingerprint density at radius 1 is 1.60 bits per heavy atom. The third kappa shape index (κ3) is 1.82. The number of carbonyl (C=O) groups excluding carboxylic acids is 1. The molecule has 1 aromatic heterocycles. The molecule has 0 radical (unpaired) electrons. The molecular weight excluding hydrogens is 190 g/mol. The molecule has 0 aromatic carbocycles. The molecule has 0 bridgehead atoms. The molecule has 1 aliphatic carbocycles. The Labute approximate surface area is 87.9 Å². The lowest BCUT2D eigenvalue weighted by Gasteiger charge is -2.06. The number of nitrogens with zero attached hydrogens (tertiary/aromatic N) is 2. The minimum absolute atomic E-state index is 0.235. The number of nitriles is 1. The molecule has 76 valence electrons. The second kappa shape index (κ2) is 3.35. The van der Waals surface area contributed by atoms with Gasteiger partial charge < -0.3 is 5.32 Å². The molecule has 1 saturated carbocycles. The molecular formula is C11H11N3O. The van der Waals surface area contributed by atoms with E-state index in [2.05, 4.69) is 10.3 Å². The highest BCUT2D eigenvalue weighted by Crippen LogP contribution is 2.45. The summed E-state index contributed by atoms with van der Waals surface area (Å²) in [6.45, 7) is 1.93. The Hall–Kier alpha value is -1.89. The third-order valence-electron chi connectivity index (χ3n) is 2.55. The number of carbonyl (C=O) groups is 1. The number of anilines is 1. The summed E-state index contributed by atoms with van der Waals surface area (Å²) in [4.78, 5) is 15.7. The predicted octanol–water partition coefficient (Wildman–Crippen LogP) is 1.63. The van der Waals surface area contributed by atoms with Crippen molar-refractivity contribution in [3.05, 3.63) is 23.9 Å². The van der Waals surface area contributed by atoms with Crippen molar-refractivity contribution in [1.82, 2.24) is 4.98 Å². The van der Waals surface area contributed by atoms with E-state index in [1.54, 1.807) is 12.3 Å². The van der Waals surface area contributed by atoms with E-state index in [1.165, 1.54) is 0 Å². The van der Waals surface area contributed by atoms with Crippen LogP contribution in [0.1, 0.15) is 18.4 Å². The van der Waals surface area contributed by atoms with Gasteiger partial charge in [-0.1, -0.05) is 6.07 Å². The van der Waals surface area contributed by atoms with E-state index in [0.717, 1.165) is 5.56 Å². The van der Waals surface area contributed by atoms with Gasteiger partial charge in [0.2, 0.25) is 5.91 Å². The molecule has 1 aromatic rings. The molecule has 0 spiro atoms. The van der Waals surface area contributed by atoms with E-state index in [-0.39, 0.29) is 5.91 Å². The average Bonchev–Trinajstić information content (AvgIpc) is 3.02. The van der Waals surface area contributed by atoms with E-state index in [9.17, 15) is 4.79 Å². The van der Waals surface area contributed by atoms with E-state index >= 15 is 0 Å². The first-order valence-corrected chi connectivity index (χ1v) is 4.82. The number of rotatable bonds is 2. The Kier molecular flexibility index (Phi) is 2.16. The van der Waals surface area contributed by atoms with Crippen LogP contribution in [-0.4, -0.2) is 10.9 Å². The summed E-state index contributed by atoms with van der Waals surface area (Å²) < 4.78 is 0. The molecule has 2 rings (SSSR count). The first-order valence-electron chi connectivity index (χ1n) is 4.82. The van der Waals surface area contributed by atoms with E-state index in [1.807, 2.05) is 19.1 Å². The standard InChI is InChI=1S/C11H11N3O/c1-8-2-3-9(13-6-8)14-10(15)11(7-12)4-5-11/h2-3,6H,4-5H2,1H3,(H,13,14,15). The lowest BCUT2D eigenvalue weighted by Crippen LogP contribution is -2.23. The van der Waals surface area contributed by atoms with Crippen molar-refractivity contribution in [3.63, 3.8) is 0 Å². The summed E-state index contributed by atoms with van der Waals surface area (Å²) in [5.41, 5.74) is 0.251. The van der Waals surface area contributed by atoms with E-state index in [0.29, 0.717) is 18.7 Å². The Balaban J connectivity index is 2.07. The van der Waals surface area contributed by atoms with Crippen LogP contribution in [-0.2, 0) is 4.79 Å². The van der Waals surface area contributed by atoms with Crippen molar-refractivity contribution in [1.29, 1.82) is 5.26 Å².